The zero-order valence-electron chi connectivity index (χ0n) is 16.8. The second-order valence-electron chi connectivity index (χ2n) is 9.08. The van der Waals surface area contributed by atoms with Crippen LogP contribution in [-0.4, -0.2) is 40.0 Å². The number of nitrogens with one attached hydrogen (secondary N) is 1. The molecule has 29 heavy (non-hydrogen) atoms. The number of rotatable bonds is 6. The summed E-state index contributed by atoms with van der Waals surface area (Å²) in [4.78, 5) is 35.1. The third kappa shape index (κ3) is 3.95. The highest BCUT2D eigenvalue weighted by atomic mass is 16.5. The maximum absolute atomic E-state index is 13.3. The number of benzene rings is 1. The Morgan fingerprint density at radius 3 is 2.86 bits per heavy atom. The van der Waals surface area contributed by atoms with Gasteiger partial charge >= 0.3 is 0 Å². The molecule has 1 saturated heterocycles. The van der Waals surface area contributed by atoms with Gasteiger partial charge in [0.2, 0.25) is 5.91 Å². The lowest BCUT2D eigenvalue weighted by atomic mass is 9.86. The molecule has 1 aromatic carbocycles. The number of nitrogens with zero attached hydrogens (tertiary/aromatic N) is 2. The van der Waals surface area contributed by atoms with E-state index in [9.17, 15) is 9.59 Å². The van der Waals surface area contributed by atoms with Gasteiger partial charge in [-0.25, -0.2) is 4.98 Å². The largest absolute Gasteiger partial charge is 0.376 e. The molecule has 6 heteroatoms. The summed E-state index contributed by atoms with van der Waals surface area (Å²) in [7, 11) is 0. The highest BCUT2D eigenvalue weighted by Gasteiger charge is 2.40. The monoisotopic (exact) mass is 395 g/mol. The maximum atomic E-state index is 13.3. The van der Waals surface area contributed by atoms with Gasteiger partial charge in [-0.05, 0) is 62.0 Å². The highest BCUT2D eigenvalue weighted by molar-refractivity contribution is 5.78. The molecule has 2 heterocycles. The molecule has 2 aromatic rings. The van der Waals surface area contributed by atoms with Gasteiger partial charge in [0.1, 0.15) is 5.82 Å². The number of para-hydroxylation sites is 1. The minimum absolute atomic E-state index is 0.0890. The predicted octanol–water partition coefficient (Wildman–Crippen LogP) is 3.26. The number of fused-ring (bicyclic) bond motifs is 3. The summed E-state index contributed by atoms with van der Waals surface area (Å²) in [6.45, 7) is 1.68. The molecule has 0 spiro atoms. The van der Waals surface area contributed by atoms with E-state index < -0.39 is 0 Å². The Bertz CT molecular complexity index is 950. The van der Waals surface area contributed by atoms with Crippen molar-refractivity contribution < 1.29 is 9.53 Å². The van der Waals surface area contributed by atoms with Crippen molar-refractivity contribution >= 4 is 16.8 Å². The van der Waals surface area contributed by atoms with Crippen LogP contribution in [0.2, 0.25) is 0 Å². The third-order valence-corrected chi connectivity index (χ3v) is 7.12. The summed E-state index contributed by atoms with van der Waals surface area (Å²) in [5, 5.41) is 0.579. The fraction of sp³-hybridized carbons (Fsp3) is 0.609. The van der Waals surface area contributed by atoms with Crippen molar-refractivity contribution in [2.45, 2.75) is 57.6 Å². The van der Waals surface area contributed by atoms with E-state index in [-0.39, 0.29) is 17.6 Å². The van der Waals surface area contributed by atoms with Crippen LogP contribution in [0.3, 0.4) is 0 Å². The van der Waals surface area contributed by atoms with Gasteiger partial charge in [-0.2, -0.15) is 0 Å². The Morgan fingerprint density at radius 2 is 2.10 bits per heavy atom. The van der Waals surface area contributed by atoms with Crippen molar-refractivity contribution in [3.05, 3.63) is 40.4 Å². The second kappa shape index (κ2) is 7.90. The molecule has 2 bridgehead atoms. The molecule has 3 fully saturated rings. The maximum Gasteiger partial charge on any atom is 0.258 e. The number of hydrogen-bond donors (Lipinski definition) is 1. The Hall–Kier alpha value is -2.21. The van der Waals surface area contributed by atoms with Crippen LogP contribution in [0.25, 0.3) is 10.9 Å². The first-order valence-electron chi connectivity index (χ1n) is 11.0. The molecule has 6 nitrogen and oxygen atoms in total. The lowest BCUT2D eigenvalue weighted by molar-refractivity contribution is -0.135. The fourth-order valence-electron chi connectivity index (χ4n) is 5.66. The normalized spacial score (nSPS) is 28.3. The van der Waals surface area contributed by atoms with Crippen molar-refractivity contribution in [2.24, 2.45) is 17.8 Å². The fourth-order valence-corrected chi connectivity index (χ4v) is 5.66. The second-order valence-corrected chi connectivity index (χ2v) is 9.08. The van der Waals surface area contributed by atoms with E-state index in [1.165, 1.54) is 25.7 Å². The summed E-state index contributed by atoms with van der Waals surface area (Å²) < 4.78 is 5.80. The molecule has 4 atom stereocenters. The quantitative estimate of drug-likeness (QED) is 0.815. The van der Waals surface area contributed by atoms with Gasteiger partial charge in [0.15, 0.2) is 0 Å². The molecule has 2 aliphatic carbocycles. The molecule has 1 aromatic heterocycles. The number of aromatic nitrogens is 2. The number of carbonyl (C=O) groups is 1. The SMILES string of the molecule is O=C(C[C@H]1C[C@H]2CC[C@H]1C2)N(Cc1nc2ccccc2c(=O)[nH]1)C[C@@H]1CCCO1. The van der Waals surface area contributed by atoms with Gasteiger partial charge in [-0.3, -0.25) is 9.59 Å². The van der Waals surface area contributed by atoms with Crippen molar-refractivity contribution in [1.82, 2.24) is 14.9 Å². The van der Waals surface area contributed by atoms with Gasteiger partial charge in [-0.1, -0.05) is 18.6 Å². The topological polar surface area (TPSA) is 75.3 Å². The zero-order chi connectivity index (χ0) is 19.8. The molecule has 3 aliphatic rings. The van der Waals surface area contributed by atoms with Crippen LogP contribution >= 0.6 is 0 Å². The molecule has 154 valence electrons. The van der Waals surface area contributed by atoms with Crippen LogP contribution < -0.4 is 5.56 Å². The van der Waals surface area contributed by atoms with E-state index in [0.29, 0.717) is 42.2 Å². The van der Waals surface area contributed by atoms with Gasteiger partial charge in [0, 0.05) is 19.6 Å². The van der Waals surface area contributed by atoms with Crippen LogP contribution in [0.4, 0.5) is 0 Å². The summed E-state index contributed by atoms with van der Waals surface area (Å²) in [5.41, 5.74) is 0.520. The third-order valence-electron chi connectivity index (χ3n) is 7.12. The van der Waals surface area contributed by atoms with Crippen molar-refractivity contribution in [1.29, 1.82) is 0 Å². The Labute approximate surface area is 170 Å². The lowest BCUT2D eigenvalue weighted by Crippen LogP contribution is -2.39. The molecular formula is C23H29N3O3. The number of ether oxygens (including phenoxy) is 1. The molecule has 1 amide bonds. The number of aromatic amines is 1. The average Bonchev–Trinajstić information content (AvgIpc) is 3.46. The van der Waals surface area contributed by atoms with Crippen molar-refractivity contribution in [3.8, 4) is 0 Å². The molecule has 5 rings (SSSR count). The smallest absolute Gasteiger partial charge is 0.258 e. The molecular weight excluding hydrogens is 366 g/mol. The van der Waals surface area contributed by atoms with Gasteiger partial charge < -0.3 is 14.6 Å². The summed E-state index contributed by atoms with van der Waals surface area (Å²) >= 11 is 0. The standard InChI is InChI=1S/C23H29N3O3/c27-22(12-17-11-15-7-8-16(17)10-15)26(13-18-4-3-9-29-18)14-21-24-20-6-2-1-5-19(20)23(28)25-21/h1-2,5-6,15-18H,3-4,7-14H2,(H,24,25,28)/t15-,16-,17+,18-/m0/s1. The predicted molar refractivity (Wildman–Crippen MR) is 110 cm³/mol. The van der Waals surface area contributed by atoms with E-state index in [1.807, 2.05) is 23.1 Å². The Morgan fingerprint density at radius 1 is 1.21 bits per heavy atom. The first kappa shape index (κ1) is 18.8. The van der Waals surface area contributed by atoms with Gasteiger partial charge in [0.05, 0.1) is 23.6 Å². The minimum atomic E-state index is -0.150. The van der Waals surface area contributed by atoms with E-state index in [1.54, 1.807) is 6.07 Å². The van der Waals surface area contributed by atoms with Crippen molar-refractivity contribution in [2.75, 3.05) is 13.2 Å². The first-order chi connectivity index (χ1) is 14.2. The molecule has 1 N–H and O–H groups in total. The molecule has 2 saturated carbocycles. The molecule has 0 unspecified atom stereocenters. The Kier molecular flexibility index (Phi) is 5.12. The van der Waals surface area contributed by atoms with Gasteiger partial charge in [-0.15, -0.1) is 0 Å². The van der Waals surface area contributed by atoms with Crippen LogP contribution in [0, 0.1) is 17.8 Å². The lowest BCUT2D eigenvalue weighted by Gasteiger charge is -2.28. The number of H-pyrrole nitrogens is 1. The minimum Gasteiger partial charge on any atom is -0.376 e. The summed E-state index contributed by atoms with van der Waals surface area (Å²) in [6.07, 6.45) is 7.88. The first-order valence-corrected chi connectivity index (χ1v) is 11.0. The molecule has 0 radical (unpaired) electrons. The van der Waals surface area contributed by atoms with Crippen LogP contribution in [-0.2, 0) is 16.1 Å². The Balaban J connectivity index is 1.35. The number of amides is 1. The van der Waals surface area contributed by atoms with Gasteiger partial charge in [0.25, 0.3) is 5.56 Å². The van der Waals surface area contributed by atoms with Crippen molar-refractivity contribution in [3.63, 3.8) is 0 Å². The summed E-state index contributed by atoms with van der Waals surface area (Å²) in [6, 6.07) is 7.33. The average molecular weight is 396 g/mol. The van der Waals surface area contributed by atoms with Crippen LogP contribution in [0.15, 0.2) is 29.1 Å². The van der Waals surface area contributed by atoms with Crippen LogP contribution in [0.5, 0.6) is 0 Å². The molecule has 1 aliphatic heterocycles. The van der Waals surface area contributed by atoms with Crippen LogP contribution in [0.1, 0.15) is 50.8 Å². The van der Waals surface area contributed by atoms with E-state index in [4.69, 9.17) is 4.74 Å². The number of hydrogen-bond acceptors (Lipinski definition) is 4. The van der Waals surface area contributed by atoms with E-state index in [0.717, 1.165) is 31.3 Å². The van der Waals surface area contributed by atoms with E-state index in [2.05, 4.69) is 9.97 Å². The number of carbonyl (C=O) groups excluding carboxylic acids is 1. The highest BCUT2D eigenvalue weighted by Crippen LogP contribution is 2.49. The zero-order valence-corrected chi connectivity index (χ0v) is 16.8. The summed E-state index contributed by atoms with van der Waals surface area (Å²) in [5.74, 6) is 2.81. The van der Waals surface area contributed by atoms with E-state index >= 15 is 0 Å².